The highest BCUT2D eigenvalue weighted by Gasteiger charge is 2.07. The predicted molar refractivity (Wildman–Crippen MR) is 86.9 cm³/mol. The van der Waals surface area contributed by atoms with Crippen LogP contribution >= 0.6 is 15.9 Å². The molecule has 3 aromatic rings. The molecule has 0 amide bonds. The summed E-state index contributed by atoms with van der Waals surface area (Å²) in [5.74, 6) is -0.718. The average molecular weight is 376 g/mol. The molecule has 1 heterocycles. The monoisotopic (exact) mass is 375 g/mol. The highest BCUT2D eigenvalue weighted by Crippen LogP contribution is 2.17. The van der Waals surface area contributed by atoms with E-state index in [-0.39, 0.29) is 12.2 Å². The summed E-state index contributed by atoms with van der Waals surface area (Å²) in [7, 11) is 0. The van der Waals surface area contributed by atoms with Gasteiger partial charge in [-0.1, -0.05) is 28.1 Å². The first-order valence-corrected chi connectivity index (χ1v) is 7.55. The van der Waals surface area contributed by atoms with Crippen LogP contribution in [0.25, 0.3) is 17.2 Å². The van der Waals surface area contributed by atoms with Crippen molar-refractivity contribution in [1.29, 1.82) is 0 Å². The summed E-state index contributed by atoms with van der Waals surface area (Å²) in [5.41, 5.74) is 1.62. The molecule has 0 fully saturated rings. The summed E-state index contributed by atoms with van der Waals surface area (Å²) in [4.78, 5) is 15.9. The van der Waals surface area contributed by atoms with Crippen LogP contribution in [0.2, 0.25) is 0 Å². The van der Waals surface area contributed by atoms with Crippen molar-refractivity contribution in [3.63, 3.8) is 0 Å². The van der Waals surface area contributed by atoms with Crippen molar-refractivity contribution in [1.82, 2.24) is 4.98 Å². The Labute approximate surface area is 139 Å². The fourth-order valence-corrected chi connectivity index (χ4v) is 2.34. The Kier molecular flexibility index (Phi) is 4.52. The maximum atomic E-state index is 13.5. The molecule has 6 heteroatoms. The number of halogens is 2. The van der Waals surface area contributed by atoms with Gasteiger partial charge in [-0.05, 0) is 36.4 Å². The number of aromatic nitrogens is 1. The molecule has 1 aromatic heterocycles. The minimum absolute atomic E-state index is 0.0845. The highest BCUT2D eigenvalue weighted by molar-refractivity contribution is 9.10. The summed E-state index contributed by atoms with van der Waals surface area (Å²) in [6, 6.07) is 11.7. The number of para-hydroxylation sites is 2. The van der Waals surface area contributed by atoms with Gasteiger partial charge in [-0.3, -0.25) is 0 Å². The van der Waals surface area contributed by atoms with Crippen molar-refractivity contribution in [3.05, 3.63) is 70.3 Å². The molecule has 4 nitrogen and oxygen atoms in total. The summed E-state index contributed by atoms with van der Waals surface area (Å²) in [5, 5.41) is 0. The zero-order chi connectivity index (χ0) is 16.2. The van der Waals surface area contributed by atoms with Crippen LogP contribution in [-0.2, 0) is 16.1 Å². The maximum Gasteiger partial charge on any atom is 0.331 e. The molecule has 0 spiro atoms. The quantitative estimate of drug-likeness (QED) is 0.498. The van der Waals surface area contributed by atoms with Gasteiger partial charge in [-0.2, -0.15) is 0 Å². The molecule has 3 rings (SSSR count). The average Bonchev–Trinajstić information content (AvgIpc) is 2.96. The van der Waals surface area contributed by atoms with Crippen molar-refractivity contribution >= 4 is 39.1 Å². The lowest BCUT2D eigenvalue weighted by atomic mass is 10.2. The van der Waals surface area contributed by atoms with Crippen LogP contribution in [-0.4, -0.2) is 11.0 Å². The van der Waals surface area contributed by atoms with Crippen LogP contribution in [0.4, 0.5) is 4.39 Å². The molecule has 0 atom stereocenters. The Morgan fingerprint density at radius 3 is 2.96 bits per heavy atom. The lowest BCUT2D eigenvalue weighted by Gasteiger charge is -1.99. The summed E-state index contributed by atoms with van der Waals surface area (Å²) in [6.07, 6.45) is 2.52. The number of fused-ring (bicyclic) bond motifs is 1. The van der Waals surface area contributed by atoms with Gasteiger partial charge in [0.1, 0.15) is 11.3 Å². The number of carbonyl (C=O) groups is 1. The second-order valence-corrected chi connectivity index (χ2v) is 5.60. The number of hydrogen-bond donors (Lipinski definition) is 0. The van der Waals surface area contributed by atoms with E-state index in [2.05, 4.69) is 20.9 Å². The highest BCUT2D eigenvalue weighted by atomic mass is 79.9. The van der Waals surface area contributed by atoms with E-state index in [4.69, 9.17) is 9.15 Å². The minimum atomic E-state index is -0.605. The fraction of sp³-hybridized carbons (Fsp3) is 0.0588. The van der Waals surface area contributed by atoms with E-state index in [9.17, 15) is 9.18 Å². The van der Waals surface area contributed by atoms with Crippen molar-refractivity contribution < 1.29 is 18.3 Å². The topological polar surface area (TPSA) is 52.3 Å². The third-order valence-corrected chi connectivity index (χ3v) is 3.53. The summed E-state index contributed by atoms with van der Waals surface area (Å²) >= 11 is 3.24. The van der Waals surface area contributed by atoms with Crippen LogP contribution in [0.5, 0.6) is 0 Å². The van der Waals surface area contributed by atoms with Crippen molar-refractivity contribution in [2.24, 2.45) is 0 Å². The Morgan fingerprint density at radius 1 is 1.30 bits per heavy atom. The second kappa shape index (κ2) is 6.75. The number of rotatable bonds is 4. The first-order chi connectivity index (χ1) is 11.1. The van der Waals surface area contributed by atoms with E-state index in [0.717, 1.165) is 10.5 Å². The number of oxazole rings is 1. The summed E-state index contributed by atoms with van der Waals surface area (Å²) < 4.78 is 24.7. The Balaban J connectivity index is 1.63. The van der Waals surface area contributed by atoms with E-state index >= 15 is 0 Å². The molecule has 2 aromatic carbocycles. The number of hydrogen-bond acceptors (Lipinski definition) is 4. The molecule has 23 heavy (non-hydrogen) atoms. The first-order valence-electron chi connectivity index (χ1n) is 6.76. The molecule has 0 aliphatic heterocycles. The third kappa shape index (κ3) is 3.84. The molecule has 0 unspecified atom stereocenters. The number of benzene rings is 2. The SMILES string of the molecule is O=C(/C=C/c1cc(Br)ccc1F)OCc1nc2ccccc2o1. The van der Waals surface area contributed by atoms with E-state index in [1.807, 2.05) is 12.1 Å². The lowest BCUT2D eigenvalue weighted by molar-refractivity contribution is -0.139. The van der Waals surface area contributed by atoms with Gasteiger partial charge in [0, 0.05) is 16.1 Å². The minimum Gasteiger partial charge on any atom is -0.453 e. The van der Waals surface area contributed by atoms with Crippen molar-refractivity contribution in [3.8, 4) is 0 Å². The molecule has 0 radical (unpaired) electrons. The van der Waals surface area contributed by atoms with Gasteiger partial charge >= 0.3 is 5.97 Å². The molecule has 0 aliphatic carbocycles. The van der Waals surface area contributed by atoms with Gasteiger partial charge in [0.15, 0.2) is 12.2 Å². The van der Waals surface area contributed by atoms with Crippen LogP contribution in [0.15, 0.2) is 57.4 Å². The number of carbonyl (C=O) groups excluding carboxylic acids is 1. The molecular weight excluding hydrogens is 365 g/mol. The molecule has 0 aliphatic rings. The van der Waals surface area contributed by atoms with E-state index in [1.165, 1.54) is 12.1 Å². The molecule has 0 N–H and O–H groups in total. The number of esters is 1. The predicted octanol–water partition coefficient (Wildman–Crippen LogP) is 4.49. The van der Waals surface area contributed by atoms with Crippen LogP contribution in [0, 0.1) is 5.82 Å². The Bertz CT molecular complexity index is 855. The first kappa shape index (κ1) is 15.4. The van der Waals surface area contributed by atoms with Crippen molar-refractivity contribution in [2.75, 3.05) is 0 Å². The summed E-state index contributed by atoms with van der Waals surface area (Å²) in [6.45, 7) is -0.0845. The van der Waals surface area contributed by atoms with Gasteiger partial charge in [0.25, 0.3) is 0 Å². The molecule has 116 valence electrons. The number of ether oxygens (including phenoxy) is 1. The second-order valence-electron chi connectivity index (χ2n) is 4.68. The van der Waals surface area contributed by atoms with Crippen LogP contribution < -0.4 is 0 Å². The zero-order valence-electron chi connectivity index (χ0n) is 11.8. The van der Waals surface area contributed by atoms with Crippen molar-refractivity contribution in [2.45, 2.75) is 6.61 Å². The standard InChI is InChI=1S/C17H11BrFNO3/c18-12-6-7-13(19)11(9-12)5-8-17(21)22-10-16-20-14-3-1-2-4-15(14)23-16/h1-9H,10H2/b8-5+. The van der Waals surface area contributed by atoms with E-state index in [0.29, 0.717) is 17.0 Å². The number of nitrogens with zero attached hydrogens (tertiary/aromatic N) is 1. The Morgan fingerprint density at radius 2 is 2.13 bits per heavy atom. The van der Waals surface area contributed by atoms with Gasteiger partial charge in [0.05, 0.1) is 0 Å². The van der Waals surface area contributed by atoms with E-state index < -0.39 is 11.8 Å². The Hall–Kier alpha value is -2.47. The van der Waals surface area contributed by atoms with Gasteiger partial charge in [-0.25, -0.2) is 14.2 Å². The van der Waals surface area contributed by atoms with Gasteiger partial charge < -0.3 is 9.15 Å². The van der Waals surface area contributed by atoms with Crippen LogP contribution in [0.3, 0.4) is 0 Å². The third-order valence-electron chi connectivity index (χ3n) is 3.03. The zero-order valence-corrected chi connectivity index (χ0v) is 13.4. The van der Waals surface area contributed by atoms with Gasteiger partial charge in [0.2, 0.25) is 5.89 Å². The lowest BCUT2D eigenvalue weighted by Crippen LogP contribution is -2.01. The normalized spacial score (nSPS) is 11.2. The molecular formula is C17H11BrFNO3. The van der Waals surface area contributed by atoms with E-state index in [1.54, 1.807) is 24.3 Å². The molecule has 0 saturated carbocycles. The maximum absolute atomic E-state index is 13.5. The fourth-order valence-electron chi connectivity index (χ4n) is 1.96. The molecule has 0 bridgehead atoms. The molecule has 0 saturated heterocycles. The van der Waals surface area contributed by atoms with Gasteiger partial charge in [-0.15, -0.1) is 0 Å². The largest absolute Gasteiger partial charge is 0.453 e. The smallest absolute Gasteiger partial charge is 0.331 e. The van der Waals surface area contributed by atoms with Crippen LogP contribution in [0.1, 0.15) is 11.5 Å².